The van der Waals surface area contributed by atoms with Crippen molar-refractivity contribution >= 4 is 6.29 Å². The zero-order valence-corrected chi connectivity index (χ0v) is 9.95. The van der Waals surface area contributed by atoms with E-state index in [4.69, 9.17) is 0 Å². The molecule has 0 aromatic carbocycles. The van der Waals surface area contributed by atoms with Crippen LogP contribution in [0.3, 0.4) is 0 Å². The fourth-order valence-corrected chi connectivity index (χ4v) is 1.34. The van der Waals surface area contributed by atoms with Gasteiger partial charge in [0.05, 0.1) is 0 Å². The summed E-state index contributed by atoms with van der Waals surface area (Å²) in [6, 6.07) is 0. The van der Waals surface area contributed by atoms with Gasteiger partial charge in [-0.1, -0.05) is 44.1 Å². The Kier molecular flexibility index (Phi) is 12.4. The Bertz CT molecular complexity index is 180. The van der Waals surface area contributed by atoms with Crippen LogP contribution in [0.2, 0.25) is 0 Å². The smallest absolute Gasteiger partial charge is 0.120 e. The molecule has 0 atom stereocenters. The van der Waals surface area contributed by atoms with Crippen LogP contribution in [0.15, 0.2) is 24.3 Å². The predicted molar refractivity (Wildman–Crippen MR) is 67.0 cm³/mol. The van der Waals surface area contributed by atoms with Crippen molar-refractivity contribution in [2.24, 2.45) is 0 Å². The summed E-state index contributed by atoms with van der Waals surface area (Å²) < 4.78 is 0. The Morgan fingerprint density at radius 1 is 0.800 bits per heavy atom. The molecule has 0 unspecified atom stereocenters. The molecule has 0 aliphatic heterocycles. The molecule has 0 rings (SSSR count). The van der Waals surface area contributed by atoms with Gasteiger partial charge in [0, 0.05) is 6.42 Å². The first-order chi connectivity index (χ1) is 7.41. The Hall–Kier alpha value is -0.850. The van der Waals surface area contributed by atoms with Gasteiger partial charge in [-0.25, -0.2) is 0 Å². The van der Waals surface area contributed by atoms with Gasteiger partial charge in [-0.3, -0.25) is 0 Å². The Labute approximate surface area is 94.3 Å². The van der Waals surface area contributed by atoms with Crippen molar-refractivity contribution in [3.63, 3.8) is 0 Å². The van der Waals surface area contributed by atoms with Gasteiger partial charge in [0.15, 0.2) is 0 Å². The summed E-state index contributed by atoms with van der Waals surface area (Å²) in [4.78, 5) is 10.0. The van der Waals surface area contributed by atoms with Gasteiger partial charge >= 0.3 is 0 Å². The summed E-state index contributed by atoms with van der Waals surface area (Å²) in [7, 11) is 0. The van der Waals surface area contributed by atoms with E-state index in [1.54, 1.807) is 0 Å². The van der Waals surface area contributed by atoms with Crippen LogP contribution in [-0.4, -0.2) is 6.29 Å². The molecule has 1 nitrogen and oxygen atoms in total. The molecular formula is C14H24O. The summed E-state index contributed by atoms with van der Waals surface area (Å²) in [5, 5.41) is 0. The Morgan fingerprint density at radius 2 is 1.47 bits per heavy atom. The van der Waals surface area contributed by atoms with Gasteiger partial charge in [0.1, 0.15) is 6.29 Å². The third kappa shape index (κ3) is 13.2. The SMILES string of the molecule is CCCCC/C=C/C/C=C/CCCC=O. The lowest BCUT2D eigenvalue weighted by atomic mass is 10.2. The van der Waals surface area contributed by atoms with E-state index in [0.29, 0.717) is 6.42 Å². The van der Waals surface area contributed by atoms with E-state index in [-0.39, 0.29) is 0 Å². The number of carbonyl (C=O) groups excluding carboxylic acids is 1. The summed E-state index contributed by atoms with van der Waals surface area (Å²) in [5.74, 6) is 0. The molecule has 0 aliphatic rings. The van der Waals surface area contributed by atoms with Crippen molar-refractivity contribution in [1.82, 2.24) is 0 Å². The second kappa shape index (κ2) is 13.2. The number of aldehydes is 1. The molecule has 0 aromatic rings. The zero-order valence-electron chi connectivity index (χ0n) is 9.95. The van der Waals surface area contributed by atoms with E-state index in [0.717, 1.165) is 25.5 Å². The van der Waals surface area contributed by atoms with E-state index in [2.05, 4.69) is 31.2 Å². The normalized spacial score (nSPS) is 11.5. The van der Waals surface area contributed by atoms with Crippen LogP contribution in [0, 0.1) is 0 Å². The van der Waals surface area contributed by atoms with Crippen LogP contribution in [0.5, 0.6) is 0 Å². The van der Waals surface area contributed by atoms with Crippen LogP contribution in [0.4, 0.5) is 0 Å². The average molecular weight is 208 g/mol. The fourth-order valence-electron chi connectivity index (χ4n) is 1.34. The number of allylic oxidation sites excluding steroid dienone is 4. The summed E-state index contributed by atoms with van der Waals surface area (Å²) in [5.41, 5.74) is 0. The van der Waals surface area contributed by atoms with Crippen molar-refractivity contribution in [2.45, 2.75) is 58.3 Å². The van der Waals surface area contributed by atoms with Crippen molar-refractivity contribution in [2.75, 3.05) is 0 Å². The molecule has 0 bridgehead atoms. The highest BCUT2D eigenvalue weighted by molar-refractivity contribution is 5.48. The minimum Gasteiger partial charge on any atom is -0.303 e. The van der Waals surface area contributed by atoms with E-state index in [1.807, 2.05) is 0 Å². The average Bonchev–Trinajstić information content (AvgIpc) is 2.26. The molecule has 0 heterocycles. The molecule has 0 amide bonds. The highest BCUT2D eigenvalue weighted by Gasteiger charge is 1.82. The summed E-state index contributed by atoms with van der Waals surface area (Å²) >= 11 is 0. The minimum atomic E-state index is 0.692. The number of rotatable bonds is 10. The monoisotopic (exact) mass is 208 g/mol. The molecular weight excluding hydrogens is 184 g/mol. The standard InChI is InChI=1S/C14H24O/c1-2-3-4-5-6-7-8-9-10-11-12-13-14-15/h6-7,9-10,14H,2-5,8,11-13H2,1H3/b7-6+,10-9+. The molecule has 0 spiro atoms. The van der Waals surface area contributed by atoms with E-state index in [9.17, 15) is 4.79 Å². The zero-order chi connectivity index (χ0) is 11.2. The minimum absolute atomic E-state index is 0.692. The molecule has 86 valence electrons. The number of carbonyl (C=O) groups is 1. The van der Waals surface area contributed by atoms with Gasteiger partial charge in [-0.2, -0.15) is 0 Å². The molecule has 0 saturated carbocycles. The predicted octanol–water partition coefficient (Wildman–Crippen LogP) is 4.44. The molecule has 0 saturated heterocycles. The lowest BCUT2D eigenvalue weighted by molar-refractivity contribution is -0.107. The lowest BCUT2D eigenvalue weighted by Gasteiger charge is -1.91. The maximum absolute atomic E-state index is 10.0. The quantitative estimate of drug-likeness (QED) is 0.295. The first kappa shape index (κ1) is 14.2. The van der Waals surface area contributed by atoms with Crippen molar-refractivity contribution in [3.05, 3.63) is 24.3 Å². The molecule has 0 radical (unpaired) electrons. The van der Waals surface area contributed by atoms with Crippen molar-refractivity contribution < 1.29 is 4.79 Å². The van der Waals surface area contributed by atoms with Gasteiger partial charge in [0.2, 0.25) is 0 Å². The molecule has 1 heteroatoms. The Morgan fingerprint density at radius 3 is 2.07 bits per heavy atom. The van der Waals surface area contributed by atoms with E-state index in [1.165, 1.54) is 25.7 Å². The third-order valence-electron chi connectivity index (χ3n) is 2.27. The lowest BCUT2D eigenvalue weighted by Crippen LogP contribution is -1.73. The van der Waals surface area contributed by atoms with Crippen LogP contribution >= 0.6 is 0 Å². The molecule has 15 heavy (non-hydrogen) atoms. The summed E-state index contributed by atoms with van der Waals surface area (Å²) in [6.07, 6.45) is 18.7. The molecule has 0 fully saturated rings. The van der Waals surface area contributed by atoms with Crippen molar-refractivity contribution in [1.29, 1.82) is 0 Å². The summed E-state index contributed by atoms with van der Waals surface area (Å²) in [6.45, 7) is 2.23. The second-order valence-electron chi connectivity index (χ2n) is 3.77. The van der Waals surface area contributed by atoms with Crippen LogP contribution in [0.1, 0.15) is 58.3 Å². The van der Waals surface area contributed by atoms with Gasteiger partial charge in [0.25, 0.3) is 0 Å². The van der Waals surface area contributed by atoms with Crippen LogP contribution in [0.25, 0.3) is 0 Å². The molecule has 0 N–H and O–H groups in total. The number of hydrogen-bond acceptors (Lipinski definition) is 1. The maximum atomic E-state index is 10.0. The van der Waals surface area contributed by atoms with E-state index < -0.39 is 0 Å². The highest BCUT2D eigenvalue weighted by Crippen LogP contribution is 2.01. The molecule has 0 aliphatic carbocycles. The second-order valence-corrected chi connectivity index (χ2v) is 3.77. The van der Waals surface area contributed by atoms with Gasteiger partial charge in [-0.15, -0.1) is 0 Å². The maximum Gasteiger partial charge on any atom is 0.120 e. The fraction of sp³-hybridized carbons (Fsp3) is 0.643. The van der Waals surface area contributed by atoms with Gasteiger partial charge < -0.3 is 4.79 Å². The topological polar surface area (TPSA) is 17.1 Å². The van der Waals surface area contributed by atoms with E-state index >= 15 is 0 Å². The third-order valence-corrected chi connectivity index (χ3v) is 2.27. The number of unbranched alkanes of at least 4 members (excludes halogenated alkanes) is 5. The van der Waals surface area contributed by atoms with Crippen LogP contribution < -0.4 is 0 Å². The number of hydrogen-bond donors (Lipinski definition) is 0. The molecule has 0 aromatic heterocycles. The highest BCUT2D eigenvalue weighted by atomic mass is 16.1. The first-order valence-corrected chi connectivity index (χ1v) is 6.15. The Balaban J connectivity index is 3.17. The van der Waals surface area contributed by atoms with Crippen molar-refractivity contribution in [3.8, 4) is 0 Å². The largest absolute Gasteiger partial charge is 0.303 e. The van der Waals surface area contributed by atoms with Crippen LogP contribution in [-0.2, 0) is 4.79 Å². The van der Waals surface area contributed by atoms with Gasteiger partial charge in [-0.05, 0) is 32.1 Å². The first-order valence-electron chi connectivity index (χ1n) is 6.15.